The van der Waals surface area contributed by atoms with Crippen molar-refractivity contribution >= 4 is 28.4 Å². The highest BCUT2D eigenvalue weighted by atomic mass is 16.6. The maximum atomic E-state index is 12.4. The number of carbonyl (C=O) groups excluding carboxylic acids is 1. The van der Waals surface area contributed by atoms with Gasteiger partial charge in [-0.05, 0) is 82.5 Å². The number of pyridine rings is 1. The number of amides is 1. The fourth-order valence-corrected chi connectivity index (χ4v) is 8.06. The zero-order valence-electron chi connectivity index (χ0n) is 27.7. The fourth-order valence-electron chi connectivity index (χ4n) is 8.06. The van der Waals surface area contributed by atoms with E-state index < -0.39 is 5.60 Å². The van der Waals surface area contributed by atoms with E-state index in [0.717, 1.165) is 56.7 Å². The van der Waals surface area contributed by atoms with Crippen molar-refractivity contribution in [1.29, 1.82) is 5.26 Å². The topological polar surface area (TPSA) is 79.2 Å². The SMILES string of the molecule is C[C@@H]1CN(c2ccc(C#N)c3ncccc23)C[C@@H]2C[C@H](N3CC(c4ccc(N5CCN(C(=O)OC(C)(C)C)CC5)cc4)C3)CCN21. The van der Waals surface area contributed by atoms with Crippen LogP contribution in [-0.2, 0) is 4.74 Å². The molecule has 3 aromatic rings. The van der Waals surface area contributed by atoms with Crippen LogP contribution in [0.5, 0.6) is 0 Å². The molecule has 2 aromatic carbocycles. The number of hydrogen-bond donors (Lipinski definition) is 0. The van der Waals surface area contributed by atoms with E-state index in [9.17, 15) is 10.1 Å². The normalized spacial score (nSPS) is 24.8. The molecule has 0 aliphatic carbocycles. The Balaban J connectivity index is 0.932. The number of anilines is 2. The first-order valence-electron chi connectivity index (χ1n) is 17.0. The van der Waals surface area contributed by atoms with Gasteiger partial charge in [0.25, 0.3) is 0 Å². The number of piperazine rings is 2. The van der Waals surface area contributed by atoms with E-state index in [0.29, 0.717) is 42.7 Å². The van der Waals surface area contributed by atoms with Crippen LogP contribution in [-0.4, -0.2) is 108 Å². The van der Waals surface area contributed by atoms with Crippen LogP contribution in [0.15, 0.2) is 54.7 Å². The van der Waals surface area contributed by atoms with Crippen LogP contribution in [0, 0.1) is 11.3 Å². The molecule has 1 aromatic heterocycles. The van der Waals surface area contributed by atoms with Gasteiger partial charge in [-0.2, -0.15) is 5.26 Å². The maximum absolute atomic E-state index is 12.4. The minimum Gasteiger partial charge on any atom is -0.444 e. The lowest BCUT2D eigenvalue weighted by Crippen LogP contribution is -2.64. The predicted molar refractivity (Wildman–Crippen MR) is 182 cm³/mol. The van der Waals surface area contributed by atoms with Crippen LogP contribution in [0.4, 0.5) is 16.2 Å². The Labute approximate surface area is 273 Å². The lowest BCUT2D eigenvalue weighted by atomic mass is 9.85. The van der Waals surface area contributed by atoms with Crippen LogP contribution in [0.1, 0.15) is 57.6 Å². The van der Waals surface area contributed by atoms with Crippen LogP contribution in [0.2, 0.25) is 0 Å². The van der Waals surface area contributed by atoms with Crippen LogP contribution in [0.3, 0.4) is 0 Å². The first-order chi connectivity index (χ1) is 22.2. The Morgan fingerprint density at radius 3 is 2.39 bits per heavy atom. The quantitative estimate of drug-likeness (QED) is 0.388. The Morgan fingerprint density at radius 2 is 1.67 bits per heavy atom. The maximum Gasteiger partial charge on any atom is 0.410 e. The fraction of sp³-hybridized carbons (Fsp3) is 0.541. The number of carbonyl (C=O) groups is 1. The van der Waals surface area contributed by atoms with Gasteiger partial charge in [0.15, 0.2) is 0 Å². The van der Waals surface area contributed by atoms with Crippen molar-refractivity contribution < 1.29 is 9.53 Å². The van der Waals surface area contributed by atoms with Crippen LogP contribution < -0.4 is 9.80 Å². The Bertz CT molecular complexity index is 1600. The number of nitriles is 1. The summed E-state index contributed by atoms with van der Waals surface area (Å²) in [6, 6.07) is 21.3. The second-order valence-corrected chi connectivity index (χ2v) is 14.7. The van der Waals surface area contributed by atoms with Crippen molar-refractivity contribution in [3.05, 3.63) is 65.9 Å². The lowest BCUT2D eigenvalue weighted by Gasteiger charge is -2.54. The summed E-state index contributed by atoms with van der Waals surface area (Å²) >= 11 is 0. The monoisotopic (exact) mass is 621 g/mol. The number of fused-ring (bicyclic) bond motifs is 2. The van der Waals surface area contributed by atoms with Gasteiger partial charge in [-0.3, -0.25) is 14.8 Å². The van der Waals surface area contributed by atoms with Gasteiger partial charge in [0, 0.05) is 106 Å². The molecule has 4 aliphatic rings. The predicted octanol–water partition coefficient (Wildman–Crippen LogP) is 5.30. The third kappa shape index (κ3) is 6.13. The summed E-state index contributed by atoms with van der Waals surface area (Å²) in [7, 11) is 0. The van der Waals surface area contributed by atoms with E-state index in [4.69, 9.17) is 4.74 Å². The van der Waals surface area contributed by atoms with Crippen LogP contribution >= 0.6 is 0 Å². The number of piperidine rings is 1. The summed E-state index contributed by atoms with van der Waals surface area (Å²) in [5, 5.41) is 10.7. The first kappa shape index (κ1) is 30.8. The zero-order chi connectivity index (χ0) is 32.0. The summed E-state index contributed by atoms with van der Waals surface area (Å²) in [6.45, 7) is 16.6. The minimum absolute atomic E-state index is 0.212. The molecule has 3 atom stereocenters. The number of ether oxygens (including phenoxy) is 1. The van der Waals surface area contributed by atoms with E-state index in [2.05, 4.69) is 74.0 Å². The highest BCUT2D eigenvalue weighted by Crippen LogP contribution is 2.37. The highest BCUT2D eigenvalue weighted by Gasteiger charge is 2.42. The summed E-state index contributed by atoms with van der Waals surface area (Å²) in [4.78, 5) is 29.2. The van der Waals surface area contributed by atoms with E-state index in [1.54, 1.807) is 6.20 Å². The molecule has 7 rings (SSSR count). The Morgan fingerprint density at radius 1 is 0.913 bits per heavy atom. The molecular formula is C37H47N7O2. The summed E-state index contributed by atoms with van der Waals surface area (Å²) in [5.41, 5.74) is 4.85. The molecule has 0 unspecified atom stereocenters. The molecule has 4 aliphatic heterocycles. The molecule has 0 bridgehead atoms. The second-order valence-electron chi connectivity index (χ2n) is 14.7. The summed E-state index contributed by atoms with van der Waals surface area (Å²) < 4.78 is 5.56. The molecule has 46 heavy (non-hydrogen) atoms. The third-order valence-corrected chi connectivity index (χ3v) is 10.5. The summed E-state index contributed by atoms with van der Waals surface area (Å²) in [6.07, 6.45) is 4.01. The standard InChI is InChI=1S/C37H47N7O2/c1-26-22-43(34-12-9-28(21-38)35-33(34)6-5-14-39-35)25-32-20-31(13-15-44(26)32)42-23-29(24-42)27-7-10-30(11-8-27)40-16-18-41(19-17-40)36(45)46-37(2,3)4/h5-12,14,26,29,31-32H,13,15-20,22-25H2,1-4H3/t26-,31-,32+/m1/s1. The average molecular weight is 622 g/mol. The molecule has 0 saturated carbocycles. The second kappa shape index (κ2) is 12.4. The van der Waals surface area contributed by atoms with Crippen molar-refractivity contribution in [1.82, 2.24) is 19.7 Å². The molecule has 0 radical (unpaired) electrons. The van der Waals surface area contributed by atoms with Gasteiger partial charge in [-0.25, -0.2) is 4.79 Å². The number of hydrogen-bond acceptors (Lipinski definition) is 8. The van der Waals surface area contributed by atoms with Crippen molar-refractivity contribution in [2.75, 3.05) is 68.7 Å². The lowest BCUT2D eigenvalue weighted by molar-refractivity contribution is 0.00151. The van der Waals surface area contributed by atoms with Crippen molar-refractivity contribution in [2.24, 2.45) is 0 Å². The van der Waals surface area contributed by atoms with E-state index in [1.165, 1.54) is 29.8 Å². The van der Waals surface area contributed by atoms with Crippen LogP contribution in [0.25, 0.3) is 10.9 Å². The molecule has 0 spiro atoms. The highest BCUT2D eigenvalue weighted by molar-refractivity contribution is 5.95. The van der Waals surface area contributed by atoms with Gasteiger partial charge >= 0.3 is 6.09 Å². The molecule has 9 heteroatoms. The Kier molecular flexibility index (Phi) is 8.28. The number of likely N-dealkylation sites (tertiary alicyclic amines) is 1. The van der Waals surface area contributed by atoms with E-state index >= 15 is 0 Å². The van der Waals surface area contributed by atoms with Crippen molar-refractivity contribution in [2.45, 2.75) is 70.2 Å². The molecule has 9 nitrogen and oxygen atoms in total. The number of rotatable bonds is 4. The van der Waals surface area contributed by atoms with Gasteiger partial charge in [-0.15, -0.1) is 0 Å². The first-order valence-corrected chi connectivity index (χ1v) is 17.0. The molecule has 242 valence electrons. The number of benzene rings is 2. The van der Waals surface area contributed by atoms with E-state index in [-0.39, 0.29) is 6.09 Å². The molecule has 4 fully saturated rings. The van der Waals surface area contributed by atoms with Gasteiger partial charge in [0.05, 0.1) is 11.1 Å². The number of nitrogens with zero attached hydrogens (tertiary/aromatic N) is 7. The minimum atomic E-state index is -0.463. The van der Waals surface area contributed by atoms with Crippen molar-refractivity contribution in [3.63, 3.8) is 0 Å². The molecule has 4 saturated heterocycles. The Hall–Kier alpha value is -3.87. The molecular weight excluding hydrogens is 574 g/mol. The third-order valence-electron chi connectivity index (χ3n) is 10.5. The van der Waals surface area contributed by atoms with Gasteiger partial charge in [0.1, 0.15) is 11.7 Å². The average Bonchev–Trinajstić information content (AvgIpc) is 3.03. The smallest absolute Gasteiger partial charge is 0.410 e. The number of aromatic nitrogens is 1. The zero-order valence-corrected chi connectivity index (χ0v) is 27.7. The molecule has 1 amide bonds. The largest absolute Gasteiger partial charge is 0.444 e. The van der Waals surface area contributed by atoms with E-state index in [1.807, 2.05) is 37.8 Å². The van der Waals surface area contributed by atoms with Gasteiger partial charge < -0.3 is 19.4 Å². The molecule has 5 heterocycles. The van der Waals surface area contributed by atoms with Crippen molar-refractivity contribution in [3.8, 4) is 6.07 Å². The van der Waals surface area contributed by atoms with Gasteiger partial charge in [-0.1, -0.05) is 12.1 Å². The molecule has 0 N–H and O–H groups in total. The van der Waals surface area contributed by atoms with Gasteiger partial charge in [0.2, 0.25) is 0 Å². The summed E-state index contributed by atoms with van der Waals surface area (Å²) in [5.74, 6) is 0.593.